The third-order valence-corrected chi connectivity index (χ3v) is 10.0. The number of fused-ring (bicyclic) bond motifs is 2. The highest BCUT2D eigenvalue weighted by atomic mass is 19.1. The van der Waals surface area contributed by atoms with Gasteiger partial charge in [0.2, 0.25) is 0 Å². The minimum absolute atomic E-state index is 0.0894. The van der Waals surface area contributed by atoms with Crippen molar-refractivity contribution in [1.29, 1.82) is 0 Å². The molecule has 8 rings (SSSR count). The van der Waals surface area contributed by atoms with Crippen LogP contribution in [0.3, 0.4) is 0 Å². The Morgan fingerprint density at radius 2 is 1.91 bits per heavy atom. The van der Waals surface area contributed by atoms with Crippen molar-refractivity contribution in [2.45, 2.75) is 56.4 Å². The predicted molar refractivity (Wildman–Crippen MR) is 167 cm³/mol. The summed E-state index contributed by atoms with van der Waals surface area (Å²) in [5.41, 5.74) is 8.30. The van der Waals surface area contributed by atoms with Gasteiger partial charge in [-0.05, 0) is 92.1 Å². The van der Waals surface area contributed by atoms with Crippen LogP contribution < -0.4 is 9.88 Å². The molecule has 2 aliphatic carbocycles. The summed E-state index contributed by atoms with van der Waals surface area (Å²) >= 11 is 0. The van der Waals surface area contributed by atoms with Gasteiger partial charge in [0.05, 0.1) is 30.3 Å². The number of rotatable bonds is 6. The number of imidazole rings is 1. The number of halogens is 1. The molecule has 0 atom stereocenters. The summed E-state index contributed by atoms with van der Waals surface area (Å²) < 4.78 is 18.1. The number of aromatic nitrogens is 6. The lowest BCUT2D eigenvalue weighted by Crippen LogP contribution is -2.56. The van der Waals surface area contributed by atoms with Crippen LogP contribution in [-0.4, -0.2) is 30.6 Å². The van der Waals surface area contributed by atoms with Crippen LogP contribution in [0.2, 0.25) is 0 Å². The summed E-state index contributed by atoms with van der Waals surface area (Å²) in [7, 11) is 4.08. The van der Waals surface area contributed by atoms with Crippen LogP contribution in [-0.2, 0) is 19.6 Å². The number of aryl methyl sites for hydroxylation is 2. The van der Waals surface area contributed by atoms with E-state index in [1.54, 1.807) is 12.3 Å². The van der Waals surface area contributed by atoms with E-state index < -0.39 is 5.54 Å². The topological polar surface area (TPSA) is 95.3 Å². The van der Waals surface area contributed by atoms with Gasteiger partial charge >= 0.3 is 0 Å². The molecule has 4 heterocycles. The molecule has 0 radical (unpaired) electrons. The minimum atomic E-state index is -0.472. The van der Waals surface area contributed by atoms with E-state index in [0.29, 0.717) is 11.5 Å². The Morgan fingerprint density at radius 1 is 1.07 bits per heavy atom. The Morgan fingerprint density at radius 3 is 2.61 bits per heavy atom. The van der Waals surface area contributed by atoms with Crippen LogP contribution in [0, 0.1) is 5.82 Å². The molecule has 0 bridgehead atoms. The van der Waals surface area contributed by atoms with Crippen LogP contribution in [0.4, 0.5) is 4.39 Å². The molecule has 0 spiro atoms. The molecular weight excluding hydrogens is 553 g/mol. The molecule has 3 N–H and O–H groups in total. The zero-order valence-electron chi connectivity index (χ0n) is 25.0. The number of carbonyl (C=O) groups is 1. The number of H-pyrrole nitrogens is 2. The number of nitrogens with one attached hydrogen (secondary N) is 3. The van der Waals surface area contributed by atoms with Gasteiger partial charge in [-0.25, -0.2) is 13.9 Å². The summed E-state index contributed by atoms with van der Waals surface area (Å²) in [5.74, 6) is 0.991. The molecule has 0 aliphatic heterocycles. The number of benzene rings is 2. The molecule has 0 saturated heterocycles. The number of aromatic amines is 2. The highest BCUT2D eigenvalue weighted by molar-refractivity contribution is 6.01. The maximum atomic E-state index is 14.0. The van der Waals surface area contributed by atoms with Gasteiger partial charge in [-0.15, -0.1) is 0 Å². The number of carbonyl (C=O) groups excluding carboxylic acids is 1. The lowest BCUT2D eigenvalue weighted by molar-refractivity contribution is -0.658. The van der Waals surface area contributed by atoms with E-state index in [0.717, 1.165) is 82.5 Å². The van der Waals surface area contributed by atoms with Gasteiger partial charge in [0.1, 0.15) is 11.4 Å². The number of nitrogens with zero attached hydrogens (tertiary/aromatic N) is 4. The molecule has 9 heteroatoms. The molecule has 2 fully saturated rings. The van der Waals surface area contributed by atoms with Crippen molar-refractivity contribution in [1.82, 2.24) is 30.0 Å². The van der Waals surface area contributed by atoms with E-state index in [-0.39, 0.29) is 11.7 Å². The summed E-state index contributed by atoms with van der Waals surface area (Å²) in [5, 5.41) is 11.7. The summed E-state index contributed by atoms with van der Waals surface area (Å²) in [4.78, 5) is 22.0. The molecule has 0 unspecified atom stereocenters. The fraction of sp³-hybridized carbons (Fsp3) is 0.314. The minimum Gasteiger partial charge on any atom is -0.342 e. The van der Waals surface area contributed by atoms with Crippen molar-refractivity contribution in [3.8, 4) is 22.6 Å². The van der Waals surface area contributed by atoms with Crippen molar-refractivity contribution in [3.63, 3.8) is 0 Å². The summed E-state index contributed by atoms with van der Waals surface area (Å²) in [6.45, 7) is 0. The lowest BCUT2D eigenvalue weighted by atomic mass is 9.75. The second-order valence-electron chi connectivity index (χ2n) is 12.5. The molecular formula is C35H35FN7O+. The molecule has 8 nitrogen and oxygen atoms in total. The van der Waals surface area contributed by atoms with Gasteiger partial charge in [0.15, 0.2) is 11.0 Å². The molecule has 4 aromatic heterocycles. The van der Waals surface area contributed by atoms with Crippen molar-refractivity contribution in [2.24, 2.45) is 14.1 Å². The van der Waals surface area contributed by atoms with Crippen LogP contribution >= 0.6 is 0 Å². The van der Waals surface area contributed by atoms with Crippen molar-refractivity contribution < 1.29 is 13.8 Å². The van der Waals surface area contributed by atoms with Gasteiger partial charge in [0, 0.05) is 35.3 Å². The second kappa shape index (κ2) is 10.1. The SMILES string of the molecule is Cn1c(-c2ccc(F)cn2)c(C2CCCC2)c2ccc(C(=O)NC3(c4[nH]c5ccc(-c6ccn[nH]6)cc5[n+]4C)CCC3)cc21. The number of pyridine rings is 1. The van der Waals surface area contributed by atoms with Crippen molar-refractivity contribution in [3.05, 3.63) is 89.8 Å². The maximum absolute atomic E-state index is 14.0. The first-order chi connectivity index (χ1) is 21.4. The molecule has 2 aromatic carbocycles. The maximum Gasteiger partial charge on any atom is 0.281 e. The Balaban J connectivity index is 1.16. The standard InChI is InChI=1S/C35H34FN7O/c1-42-29-19-23(8-11-25(29)31(21-6-3-4-7-21)32(42)28-13-10-24(36)20-37-28)33(44)40-35(15-5-16-35)34-39-27-12-9-22(18-30(27)43(34)2)26-14-17-38-41-26/h8-14,17-21H,3-7,15-16H2,1-2H3,(H2,38,40,41,44)/p+1. The number of hydrogen-bond acceptors (Lipinski definition) is 3. The first-order valence-corrected chi connectivity index (χ1v) is 15.5. The quantitative estimate of drug-likeness (QED) is 0.193. The number of amides is 1. The van der Waals surface area contributed by atoms with E-state index in [9.17, 15) is 9.18 Å². The van der Waals surface area contributed by atoms with Crippen molar-refractivity contribution in [2.75, 3.05) is 0 Å². The van der Waals surface area contributed by atoms with Crippen LogP contribution in [0.15, 0.2) is 67.0 Å². The molecule has 6 aromatic rings. The van der Waals surface area contributed by atoms with E-state index in [1.807, 2.05) is 25.2 Å². The van der Waals surface area contributed by atoms with E-state index >= 15 is 0 Å². The molecule has 222 valence electrons. The molecule has 1 amide bonds. The van der Waals surface area contributed by atoms with Crippen LogP contribution in [0.5, 0.6) is 0 Å². The third kappa shape index (κ3) is 4.17. The zero-order valence-corrected chi connectivity index (χ0v) is 25.0. The van der Waals surface area contributed by atoms with Gasteiger partial charge in [-0.3, -0.25) is 14.9 Å². The second-order valence-corrected chi connectivity index (χ2v) is 12.5. The average molecular weight is 589 g/mol. The van der Waals surface area contributed by atoms with Gasteiger partial charge in [0.25, 0.3) is 11.7 Å². The summed E-state index contributed by atoms with van der Waals surface area (Å²) in [6, 6.07) is 17.5. The Bertz CT molecular complexity index is 2030. The first-order valence-electron chi connectivity index (χ1n) is 15.5. The van der Waals surface area contributed by atoms with Gasteiger partial charge in [-0.2, -0.15) is 5.10 Å². The summed E-state index contributed by atoms with van der Waals surface area (Å²) in [6.07, 6.45) is 10.5. The van der Waals surface area contributed by atoms with Gasteiger partial charge < -0.3 is 9.88 Å². The monoisotopic (exact) mass is 588 g/mol. The molecule has 2 aliphatic rings. The zero-order chi connectivity index (χ0) is 30.0. The Hall–Kier alpha value is -4.79. The third-order valence-electron chi connectivity index (χ3n) is 10.0. The lowest BCUT2D eigenvalue weighted by Gasteiger charge is -2.38. The fourth-order valence-corrected chi connectivity index (χ4v) is 7.57. The van der Waals surface area contributed by atoms with E-state index in [2.05, 4.69) is 65.9 Å². The van der Waals surface area contributed by atoms with Crippen LogP contribution in [0.25, 0.3) is 44.6 Å². The van der Waals surface area contributed by atoms with Crippen molar-refractivity contribution >= 4 is 27.8 Å². The Labute approximate surface area is 254 Å². The first kappa shape index (κ1) is 26.8. The fourth-order valence-electron chi connectivity index (χ4n) is 7.57. The van der Waals surface area contributed by atoms with Crippen LogP contribution in [0.1, 0.15) is 72.6 Å². The highest BCUT2D eigenvalue weighted by Gasteiger charge is 2.48. The largest absolute Gasteiger partial charge is 0.342 e. The average Bonchev–Trinajstić information content (AvgIpc) is 3.83. The van der Waals surface area contributed by atoms with Gasteiger partial charge in [-0.1, -0.05) is 18.9 Å². The molecule has 2 saturated carbocycles. The van der Waals surface area contributed by atoms with E-state index in [4.69, 9.17) is 0 Å². The highest BCUT2D eigenvalue weighted by Crippen LogP contribution is 2.45. The number of hydrogen-bond donors (Lipinski definition) is 3. The predicted octanol–water partition coefficient (Wildman–Crippen LogP) is 6.54. The smallest absolute Gasteiger partial charge is 0.281 e. The molecule has 44 heavy (non-hydrogen) atoms. The normalized spacial score (nSPS) is 16.5. The Kier molecular flexibility index (Phi) is 6.18. The van der Waals surface area contributed by atoms with E-state index in [1.165, 1.54) is 30.7 Å².